The van der Waals surface area contributed by atoms with E-state index in [1.54, 1.807) is 13.2 Å². The Morgan fingerprint density at radius 3 is 2.69 bits per heavy atom. The summed E-state index contributed by atoms with van der Waals surface area (Å²) in [7, 11) is 3.73. The molecule has 1 fully saturated rings. The Morgan fingerprint density at radius 2 is 1.97 bits per heavy atom. The highest BCUT2D eigenvalue weighted by atomic mass is 16.5. The van der Waals surface area contributed by atoms with E-state index in [0.29, 0.717) is 12.8 Å². The van der Waals surface area contributed by atoms with Gasteiger partial charge >= 0.3 is 0 Å². The van der Waals surface area contributed by atoms with E-state index < -0.39 is 5.60 Å². The number of nitrogens with zero attached hydrogens (tertiary/aromatic N) is 4. The van der Waals surface area contributed by atoms with Crippen molar-refractivity contribution in [2.24, 2.45) is 7.05 Å². The third-order valence-corrected chi connectivity index (χ3v) is 5.91. The number of hydrogen-bond donors (Lipinski definition) is 1. The highest BCUT2D eigenvalue weighted by molar-refractivity contribution is 5.85. The van der Waals surface area contributed by atoms with Crippen molar-refractivity contribution in [3.05, 3.63) is 58.1 Å². The molecule has 0 amide bonds. The Kier molecular flexibility index (Phi) is 5.19. The van der Waals surface area contributed by atoms with Gasteiger partial charge in [-0.3, -0.25) is 9.69 Å². The molecule has 29 heavy (non-hydrogen) atoms. The minimum atomic E-state index is -0.896. The lowest BCUT2D eigenvalue weighted by molar-refractivity contribution is -0.0390. The fourth-order valence-electron chi connectivity index (χ4n) is 4.17. The van der Waals surface area contributed by atoms with Gasteiger partial charge in [0.15, 0.2) is 0 Å². The Hall–Kier alpha value is -2.64. The summed E-state index contributed by atoms with van der Waals surface area (Å²) in [6.45, 7) is 4.49. The van der Waals surface area contributed by atoms with Crippen LogP contribution in [0.3, 0.4) is 0 Å². The number of methoxy groups -OCH3 is 1. The monoisotopic (exact) mass is 396 g/mol. The van der Waals surface area contributed by atoms with Crippen LogP contribution in [0.4, 0.5) is 0 Å². The predicted molar refractivity (Wildman–Crippen MR) is 112 cm³/mol. The molecule has 154 valence electrons. The molecule has 1 N–H and O–H groups in total. The maximum Gasteiger partial charge on any atom is 0.266 e. The smallest absolute Gasteiger partial charge is 0.266 e. The summed E-state index contributed by atoms with van der Waals surface area (Å²) in [6.07, 6.45) is 3.41. The van der Waals surface area contributed by atoms with Crippen LogP contribution in [0.15, 0.2) is 41.3 Å². The van der Waals surface area contributed by atoms with Crippen LogP contribution in [-0.4, -0.2) is 50.2 Å². The molecule has 2 aromatic heterocycles. The molecule has 7 heteroatoms. The molecule has 0 radical (unpaired) electrons. The molecule has 1 aliphatic heterocycles. The van der Waals surface area contributed by atoms with Crippen LogP contribution >= 0.6 is 0 Å². The molecule has 1 aliphatic rings. The van der Waals surface area contributed by atoms with E-state index >= 15 is 0 Å². The molecule has 0 bridgehead atoms. The lowest BCUT2D eigenvalue weighted by atomic mass is 9.91. The number of fused-ring (bicyclic) bond motifs is 1. The number of piperidine rings is 1. The second-order valence-corrected chi connectivity index (χ2v) is 8.12. The van der Waals surface area contributed by atoms with E-state index in [-0.39, 0.29) is 12.1 Å². The predicted octanol–water partition coefficient (Wildman–Crippen LogP) is 2.08. The topological polar surface area (TPSA) is 72.5 Å². The number of aromatic nitrogens is 3. The quantitative estimate of drug-likeness (QED) is 0.715. The van der Waals surface area contributed by atoms with Crippen molar-refractivity contribution in [1.82, 2.24) is 19.2 Å². The van der Waals surface area contributed by atoms with Gasteiger partial charge in [0, 0.05) is 50.4 Å². The van der Waals surface area contributed by atoms with Crippen molar-refractivity contribution in [2.75, 3.05) is 20.2 Å². The van der Waals surface area contributed by atoms with E-state index in [9.17, 15) is 9.90 Å². The number of hydrogen-bond acceptors (Lipinski definition) is 5. The minimum Gasteiger partial charge on any atom is -0.497 e. The van der Waals surface area contributed by atoms with Crippen LogP contribution in [0.5, 0.6) is 5.75 Å². The number of aliphatic hydroxyl groups is 1. The molecule has 4 rings (SSSR count). The number of benzene rings is 1. The second-order valence-electron chi connectivity index (χ2n) is 8.12. The molecular weight excluding hydrogens is 368 g/mol. The van der Waals surface area contributed by atoms with Crippen LogP contribution in [0.2, 0.25) is 0 Å². The van der Waals surface area contributed by atoms with Gasteiger partial charge in [0.25, 0.3) is 5.56 Å². The van der Waals surface area contributed by atoms with Gasteiger partial charge in [0.05, 0.1) is 30.5 Å². The molecule has 7 nitrogen and oxygen atoms in total. The summed E-state index contributed by atoms with van der Waals surface area (Å²) in [5.41, 5.74) is 2.13. The van der Waals surface area contributed by atoms with Gasteiger partial charge in [-0.05, 0) is 43.5 Å². The van der Waals surface area contributed by atoms with E-state index in [0.717, 1.165) is 36.6 Å². The highest BCUT2D eigenvalue weighted by Crippen LogP contribution is 2.29. The summed E-state index contributed by atoms with van der Waals surface area (Å²) >= 11 is 0. The maximum absolute atomic E-state index is 12.0. The average molecular weight is 396 g/mol. The SMILES string of the molecule is COc1ccc2c(CN3CCC(O)(Cn4nc(C)ccc4=O)CC3)cn(C)c2c1. The van der Waals surface area contributed by atoms with Gasteiger partial charge in [0.1, 0.15) is 5.75 Å². The fourth-order valence-corrected chi connectivity index (χ4v) is 4.17. The Morgan fingerprint density at radius 1 is 1.21 bits per heavy atom. The van der Waals surface area contributed by atoms with Gasteiger partial charge in [-0.15, -0.1) is 0 Å². The van der Waals surface area contributed by atoms with Gasteiger partial charge in [0.2, 0.25) is 0 Å². The first-order valence-electron chi connectivity index (χ1n) is 9.98. The molecule has 1 saturated heterocycles. The third kappa shape index (κ3) is 4.06. The first kappa shape index (κ1) is 19.7. The molecule has 1 aromatic carbocycles. The molecule has 3 heterocycles. The highest BCUT2D eigenvalue weighted by Gasteiger charge is 2.33. The van der Waals surface area contributed by atoms with Crippen molar-refractivity contribution in [2.45, 2.75) is 38.5 Å². The molecule has 0 unspecified atom stereocenters. The van der Waals surface area contributed by atoms with Crippen LogP contribution < -0.4 is 10.3 Å². The first-order valence-corrected chi connectivity index (χ1v) is 9.98. The third-order valence-electron chi connectivity index (χ3n) is 5.91. The van der Waals surface area contributed by atoms with Gasteiger partial charge in [-0.25, -0.2) is 4.68 Å². The summed E-state index contributed by atoms with van der Waals surface area (Å²) in [6, 6.07) is 9.37. The molecule has 0 atom stereocenters. The minimum absolute atomic E-state index is 0.169. The first-order chi connectivity index (χ1) is 13.9. The largest absolute Gasteiger partial charge is 0.497 e. The zero-order chi connectivity index (χ0) is 20.6. The number of rotatable bonds is 5. The van der Waals surface area contributed by atoms with Crippen LogP contribution in [-0.2, 0) is 20.1 Å². The molecule has 0 aliphatic carbocycles. The zero-order valence-electron chi connectivity index (χ0n) is 17.3. The van der Waals surface area contributed by atoms with Crippen molar-refractivity contribution in [3.63, 3.8) is 0 Å². The lowest BCUT2D eigenvalue weighted by Gasteiger charge is -2.38. The number of ether oxygens (including phenoxy) is 1. The number of likely N-dealkylation sites (tertiary alicyclic amines) is 1. The van der Waals surface area contributed by atoms with Crippen molar-refractivity contribution >= 4 is 10.9 Å². The number of aryl methyl sites for hydroxylation is 2. The average Bonchev–Trinajstić information content (AvgIpc) is 3.01. The van der Waals surface area contributed by atoms with Crippen LogP contribution in [0.25, 0.3) is 10.9 Å². The standard InChI is InChI=1S/C22H28N4O3/c1-16-4-7-21(27)26(23-16)15-22(28)8-10-25(11-9-22)14-17-13-24(2)20-12-18(29-3)5-6-19(17)20/h4-7,12-13,28H,8-11,14-15H2,1-3H3. The summed E-state index contributed by atoms with van der Waals surface area (Å²) in [4.78, 5) is 14.4. The second kappa shape index (κ2) is 7.65. The lowest BCUT2D eigenvalue weighted by Crippen LogP contribution is -2.48. The maximum atomic E-state index is 12.0. The van der Waals surface area contributed by atoms with Crippen LogP contribution in [0.1, 0.15) is 24.1 Å². The summed E-state index contributed by atoms with van der Waals surface area (Å²) < 4.78 is 8.86. The molecule has 0 saturated carbocycles. The van der Waals surface area contributed by atoms with Crippen molar-refractivity contribution in [1.29, 1.82) is 0 Å². The molecule has 0 spiro atoms. The van der Waals surface area contributed by atoms with Gasteiger partial charge < -0.3 is 14.4 Å². The van der Waals surface area contributed by atoms with Gasteiger partial charge in [-0.2, -0.15) is 5.10 Å². The molecular formula is C22H28N4O3. The van der Waals surface area contributed by atoms with Crippen LogP contribution in [0, 0.1) is 6.92 Å². The van der Waals surface area contributed by atoms with E-state index in [1.165, 1.54) is 21.7 Å². The van der Waals surface area contributed by atoms with E-state index in [4.69, 9.17) is 4.74 Å². The van der Waals surface area contributed by atoms with E-state index in [1.807, 2.05) is 20.0 Å². The zero-order valence-corrected chi connectivity index (χ0v) is 17.3. The fraction of sp³-hybridized carbons (Fsp3) is 0.455. The van der Waals surface area contributed by atoms with E-state index in [2.05, 4.69) is 32.9 Å². The normalized spacial score (nSPS) is 17.0. The summed E-state index contributed by atoms with van der Waals surface area (Å²) in [5, 5.41) is 16.5. The van der Waals surface area contributed by atoms with Crippen molar-refractivity contribution in [3.8, 4) is 5.75 Å². The summed E-state index contributed by atoms with van der Waals surface area (Å²) in [5.74, 6) is 0.855. The Labute approximate surface area is 170 Å². The van der Waals surface area contributed by atoms with Gasteiger partial charge in [-0.1, -0.05) is 0 Å². The molecule has 3 aromatic rings. The van der Waals surface area contributed by atoms with Crippen molar-refractivity contribution < 1.29 is 9.84 Å². The Bertz CT molecular complexity index is 1080. The Balaban J connectivity index is 1.44.